The van der Waals surface area contributed by atoms with Crippen molar-refractivity contribution >= 4 is 17.5 Å². The average Bonchev–Trinajstić information content (AvgIpc) is 3.43. The van der Waals surface area contributed by atoms with Crippen LogP contribution < -0.4 is 4.90 Å². The maximum absolute atomic E-state index is 13.1. The zero-order valence-electron chi connectivity index (χ0n) is 16.3. The van der Waals surface area contributed by atoms with Gasteiger partial charge in [-0.3, -0.25) is 4.79 Å². The van der Waals surface area contributed by atoms with E-state index in [1.165, 1.54) is 18.5 Å². The molecule has 0 N–H and O–H groups in total. The number of hydrogen-bond donors (Lipinski definition) is 0. The molecule has 30 heavy (non-hydrogen) atoms. The van der Waals surface area contributed by atoms with Crippen molar-refractivity contribution < 1.29 is 13.6 Å². The summed E-state index contributed by atoms with van der Waals surface area (Å²) in [6, 6.07) is 11.4. The Balaban J connectivity index is 1.29. The standard InChI is InChI=1S/C21H19FN6O2/c1-14-12-19(28-21(25-14)23-13-24-28)26-8-10-27(11-9-26)20(29)18-7-6-17(30-18)15-2-4-16(22)5-3-15/h2-7,12-13H,8-11H2,1H3. The maximum atomic E-state index is 13.1. The van der Waals surface area contributed by atoms with Crippen molar-refractivity contribution in [2.75, 3.05) is 31.1 Å². The zero-order valence-corrected chi connectivity index (χ0v) is 16.3. The largest absolute Gasteiger partial charge is 0.451 e. The van der Waals surface area contributed by atoms with E-state index in [0.29, 0.717) is 37.7 Å². The van der Waals surface area contributed by atoms with Crippen LogP contribution in [0.1, 0.15) is 16.2 Å². The molecule has 3 aromatic heterocycles. The van der Waals surface area contributed by atoms with Crippen LogP contribution in [0.2, 0.25) is 0 Å². The average molecular weight is 406 g/mol. The molecule has 5 rings (SSSR count). The Morgan fingerprint density at radius 1 is 1.07 bits per heavy atom. The number of piperazine rings is 1. The van der Waals surface area contributed by atoms with Crippen molar-refractivity contribution in [3.05, 3.63) is 66.1 Å². The topological polar surface area (TPSA) is 79.8 Å². The van der Waals surface area contributed by atoms with Crippen LogP contribution in [0.3, 0.4) is 0 Å². The fourth-order valence-electron chi connectivity index (χ4n) is 3.65. The molecule has 4 aromatic rings. The number of fused-ring (bicyclic) bond motifs is 1. The molecule has 0 radical (unpaired) electrons. The lowest BCUT2D eigenvalue weighted by Gasteiger charge is -2.35. The van der Waals surface area contributed by atoms with Crippen LogP contribution in [-0.4, -0.2) is 56.6 Å². The van der Waals surface area contributed by atoms with Gasteiger partial charge in [-0.2, -0.15) is 14.6 Å². The molecule has 4 heterocycles. The van der Waals surface area contributed by atoms with Gasteiger partial charge in [-0.25, -0.2) is 9.37 Å². The number of amides is 1. The highest BCUT2D eigenvalue weighted by molar-refractivity contribution is 5.92. The molecular formula is C21H19FN6O2. The third kappa shape index (κ3) is 3.28. The summed E-state index contributed by atoms with van der Waals surface area (Å²) in [5.74, 6) is 1.83. The highest BCUT2D eigenvalue weighted by Crippen LogP contribution is 2.24. The highest BCUT2D eigenvalue weighted by Gasteiger charge is 2.26. The monoisotopic (exact) mass is 406 g/mol. The Morgan fingerprint density at radius 3 is 2.60 bits per heavy atom. The van der Waals surface area contributed by atoms with Crippen LogP contribution in [0.25, 0.3) is 17.1 Å². The second kappa shape index (κ2) is 7.25. The van der Waals surface area contributed by atoms with Gasteiger partial charge in [0.2, 0.25) is 0 Å². The summed E-state index contributed by atoms with van der Waals surface area (Å²) in [5, 5.41) is 4.26. The lowest BCUT2D eigenvalue weighted by Crippen LogP contribution is -2.49. The molecular weight excluding hydrogens is 387 g/mol. The first-order chi connectivity index (χ1) is 14.6. The van der Waals surface area contributed by atoms with E-state index in [1.54, 1.807) is 33.7 Å². The van der Waals surface area contributed by atoms with E-state index < -0.39 is 0 Å². The van der Waals surface area contributed by atoms with Crippen LogP contribution in [-0.2, 0) is 0 Å². The number of carbonyl (C=O) groups excluding carboxylic acids is 1. The lowest BCUT2D eigenvalue weighted by atomic mass is 10.2. The predicted octanol–water partition coefficient (Wildman–Crippen LogP) is 2.79. The van der Waals surface area contributed by atoms with Crippen LogP contribution in [0.15, 0.2) is 53.2 Å². The van der Waals surface area contributed by atoms with E-state index in [2.05, 4.69) is 20.0 Å². The fraction of sp³-hybridized carbons (Fsp3) is 0.238. The summed E-state index contributed by atoms with van der Waals surface area (Å²) < 4.78 is 20.6. The molecule has 0 bridgehead atoms. The van der Waals surface area contributed by atoms with Crippen LogP contribution in [0.4, 0.5) is 10.2 Å². The van der Waals surface area contributed by atoms with E-state index in [4.69, 9.17) is 4.42 Å². The first-order valence-corrected chi connectivity index (χ1v) is 9.66. The van der Waals surface area contributed by atoms with Crippen molar-refractivity contribution in [1.29, 1.82) is 0 Å². The van der Waals surface area contributed by atoms with Crippen LogP contribution in [0.5, 0.6) is 0 Å². The number of furan rings is 1. The van der Waals surface area contributed by atoms with E-state index in [9.17, 15) is 9.18 Å². The first kappa shape index (κ1) is 18.3. The Hall–Kier alpha value is -3.75. The molecule has 0 unspecified atom stereocenters. The van der Waals surface area contributed by atoms with Crippen LogP contribution in [0, 0.1) is 12.7 Å². The molecule has 152 valence electrons. The number of carbonyl (C=O) groups is 1. The van der Waals surface area contributed by atoms with Crippen molar-refractivity contribution in [3.63, 3.8) is 0 Å². The van der Waals surface area contributed by atoms with E-state index in [0.717, 1.165) is 17.1 Å². The van der Waals surface area contributed by atoms with Crippen molar-refractivity contribution in [3.8, 4) is 11.3 Å². The van der Waals surface area contributed by atoms with Gasteiger partial charge in [-0.05, 0) is 43.3 Å². The number of aromatic nitrogens is 4. The number of aryl methyl sites for hydroxylation is 1. The van der Waals surface area contributed by atoms with Gasteiger partial charge >= 0.3 is 0 Å². The number of anilines is 1. The second-order valence-electron chi connectivity index (χ2n) is 7.18. The van der Waals surface area contributed by atoms with Gasteiger partial charge in [-0.15, -0.1) is 0 Å². The summed E-state index contributed by atoms with van der Waals surface area (Å²) >= 11 is 0. The Bertz CT molecular complexity index is 1210. The number of benzene rings is 1. The lowest BCUT2D eigenvalue weighted by molar-refractivity contribution is 0.0715. The second-order valence-corrected chi connectivity index (χ2v) is 7.18. The minimum atomic E-state index is -0.313. The molecule has 8 nitrogen and oxygen atoms in total. The molecule has 9 heteroatoms. The molecule has 0 aliphatic carbocycles. The highest BCUT2D eigenvalue weighted by atomic mass is 19.1. The summed E-state index contributed by atoms with van der Waals surface area (Å²) in [7, 11) is 0. The molecule has 1 saturated heterocycles. The molecule has 1 aliphatic rings. The number of hydrogen-bond acceptors (Lipinski definition) is 6. The Morgan fingerprint density at radius 2 is 1.83 bits per heavy atom. The van der Waals surface area contributed by atoms with Gasteiger partial charge < -0.3 is 14.2 Å². The smallest absolute Gasteiger partial charge is 0.289 e. The van der Waals surface area contributed by atoms with Crippen LogP contribution >= 0.6 is 0 Å². The number of halogens is 1. The molecule has 0 atom stereocenters. The third-order valence-electron chi connectivity index (χ3n) is 5.20. The van der Waals surface area contributed by atoms with E-state index in [1.807, 2.05) is 13.0 Å². The normalized spacial score (nSPS) is 14.5. The van der Waals surface area contributed by atoms with Gasteiger partial charge in [0, 0.05) is 43.5 Å². The molecule has 0 spiro atoms. The van der Waals surface area contributed by atoms with Crippen molar-refractivity contribution in [1.82, 2.24) is 24.5 Å². The van der Waals surface area contributed by atoms with Gasteiger partial charge in [0.1, 0.15) is 23.7 Å². The quantitative estimate of drug-likeness (QED) is 0.521. The SMILES string of the molecule is Cc1cc(N2CCN(C(=O)c3ccc(-c4ccc(F)cc4)o3)CC2)n2ncnc2n1. The summed E-state index contributed by atoms with van der Waals surface area (Å²) in [6.07, 6.45) is 1.49. The summed E-state index contributed by atoms with van der Waals surface area (Å²) in [6.45, 7) is 4.37. The molecule has 1 aliphatic heterocycles. The van der Waals surface area contributed by atoms with Gasteiger partial charge in [0.15, 0.2) is 5.76 Å². The maximum Gasteiger partial charge on any atom is 0.289 e. The Labute approximate surface area is 171 Å². The van der Waals surface area contributed by atoms with E-state index in [-0.39, 0.29) is 17.5 Å². The summed E-state index contributed by atoms with van der Waals surface area (Å²) in [4.78, 5) is 25.4. The van der Waals surface area contributed by atoms with Gasteiger partial charge in [0.05, 0.1) is 0 Å². The molecule has 1 fully saturated rings. The van der Waals surface area contributed by atoms with Crippen molar-refractivity contribution in [2.45, 2.75) is 6.92 Å². The van der Waals surface area contributed by atoms with Gasteiger partial charge in [-0.1, -0.05) is 0 Å². The van der Waals surface area contributed by atoms with Crippen molar-refractivity contribution in [2.24, 2.45) is 0 Å². The van der Waals surface area contributed by atoms with E-state index >= 15 is 0 Å². The summed E-state index contributed by atoms with van der Waals surface area (Å²) in [5.41, 5.74) is 1.60. The molecule has 1 aromatic carbocycles. The number of rotatable bonds is 3. The Kier molecular flexibility index (Phi) is 4.42. The molecule has 0 saturated carbocycles. The number of nitrogens with zero attached hydrogens (tertiary/aromatic N) is 6. The predicted molar refractivity (Wildman–Crippen MR) is 108 cm³/mol. The third-order valence-corrected chi connectivity index (χ3v) is 5.20. The fourth-order valence-corrected chi connectivity index (χ4v) is 3.65. The van der Waals surface area contributed by atoms with Gasteiger partial charge in [0.25, 0.3) is 11.7 Å². The minimum absolute atomic E-state index is 0.153. The first-order valence-electron chi connectivity index (χ1n) is 9.66. The minimum Gasteiger partial charge on any atom is -0.451 e. The molecule has 1 amide bonds. The zero-order chi connectivity index (χ0) is 20.7.